The Kier molecular flexibility index (Phi) is 7.12. The van der Waals surface area contributed by atoms with Crippen molar-refractivity contribution in [2.24, 2.45) is 16.7 Å². The second-order valence-electron chi connectivity index (χ2n) is 12.3. The summed E-state index contributed by atoms with van der Waals surface area (Å²) >= 11 is 0. The fourth-order valence-electron chi connectivity index (χ4n) is 4.81. The SMILES string of the molecule is CC(C)(C)[n+]1ccn(CP(C)(=O)C(C)(C)C)c1.CC1(C)C2CC[C@@]1(CS(=O)(=O)[O-])C(=O)C2. The molecule has 7 nitrogen and oxygen atoms in total. The molecule has 2 saturated carbocycles. The average Bonchev–Trinajstić information content (AvgIpc) is 3.15. The van der Waals surface area contributed by atoms with Crippen LogP contribution in [0.2, 0.25) is 0 Å². The first kappa shape index (κ1) is 27.3. The number of imidazole rings is 1. The van der Waals surface area contributed by atoms with E-state index in [1.54, 1.807) is 0 Å². The minimum Gasteiger partial charge on any atom is -0.748 e. The minimum atomic E-state index is -4.33. The zero-order valence-corrected chi connectivity index (χ0v) is 22.8. The van der Waals surface area contributed by atoms with Gasteiger partial charge in [-0.2, -0.15) is 0 Å². The fourth-order valence-corrected chi connectivity index (χ4v) is 7.30. The molecule has 32 heavy (non-hydrogen) atoms. The largest absolute Gasteiger partial charge is 0.748 e. The van der Waals surface area contributed by atoms with Crippen LogP contribution in [0.1, 0.15) is 74.7 Å². The van der Waals surface area contributed by atoms with Crippen molar-refractivity contribution in [1.82, 2.24) is 4.57 Å². The third-order valence-corrected chi connectivity index (χ3v) is 12.4. The van der Waals surface area contributed by atoms with E-state index in [-0.39, 0.29) is 27.8 Å². The maximum absolute atomic E-state index is 12.6. The molecule has 0 aromatic carbocycles. The van der Waals surface area contributed by atoms with Crippen molar-refractivity contribution < 1.29 is 26.9 Å². The van der Waals surface area contributed by atoms with E-state index in [1.807, 2.05) is 43.8 Å². The van der Waals surface area contributed by atoms with Crippen molar-refractivity contribution in [2.75, 3.05) is 12.4 Å². The summed E-state index contributed by atoms with van der Waals surface area (Å²) in [4.78, 5) is 11.8. The van der Waals surface area contributed by atoms with Gasteiger partial charge in [0.25, 0.3) is 0 Å². The molecule has 0 amide bonds. The van der Waals surface area contributed by atoms with Crippen LogP contribution in [0.5, 0.6) is 0 Å². The number of Topliss-reactive ketones (excluding diaryl/α,β-unsaturated/α-hetero) is 1. The molecular weight excluding hydrogens is 447 g/mol. The molecule has 2 fully saturated rings. The number of carbonyl (C=O) groups excluding carboxylic acids is 1. The Labute approximate surface area is 194 Å². The van der Waals surface area contributed by atoms with Crippen molar-refractivity contribution in [3.8, 4) is 0 Å². The summed E-state index contributed by atoms with van der Waals surface area (Å²) in [5.41, 5.74) is -1.15. The van der Waals surface area contributed by atoms with Crippen LogP contribution in [-0.2, 0) is 31.3 Å². The van der Waals surface area contributed by atoms with Gasteiger partial charge < -0.3 is 9.12 Å². The molecule has 1 aromatic heterocycles. The highest BCUT2D eigenvalue weighted by atomic mass is 32.2. The van der Waals surface area contributed by atoms with E-state index >= 15 is 0 Å². The Hall–Kier alpha value is -0.980. The molecule has 3 atom stereocenters. The molecule has 3 rings (SSSR count). The van der Waals surface area contributed by atoms with Gasteiger partial charge >= 0.3 is 0 Å². The number of aromatic nitrogens is 2. The number of nitrogens with zero attached hydrogens (tertiary/aromatic N) is 2. The Bertz CT molecular complexity index is 1010. The topological polar surface area (TPSA) is 100 Å². The summed E-state index contributed by atoms with van der Waals surface area (Å²) in [5.74, 6) is -0.280. The number of fused-ring (bicyclic) bond motifs is 2. The Morgan fingerprint density at radius 3 is 2.12 bits per heavy atom. The molecule has 9 heteroatoms. The number of ketones is 1. The highest BCUT2D eigenvalue weighted by molar-refractivity contribution is 7.85. The number of hydrogen-bond donors (Lipinski definition) is 0. The Balaban J connectivity index is 0.000000228. The second-order valence-corrected chi connectivity index (χ2v) is 17.5. The van der Waals surface area contributed by atoms with E-state index in [1.165, 1.54) is 0 Å². The lowest BCUT2D eigenvalue weighted by atomic mass is 9.70. The van der Waals surface area contributed by atoms with E-state index in [9.17, 15) is 22.3 Å². The van der Waals surface area contributed by atoms with Crippen LogP contribution in [0.4, 0.5) is 0 Å². The molecule has 0 N–H and O–H groups in total. The van der Waals surface area contributed by atoms with Gasteiger partial charge in [-0.3, -0.25) is 4.79 Å². The van der Waals surface area contributed by atoms with Crippen LogP contribution < -0.4 is 4.57 Å². The Morgan fingerprint density at radius 2 is 1.78 bits per heavy atom. The molecule has 0 spiro atoms. The van der Waals surface area contributed by atoms with Gasteiger partial charge in [0.05, 0.1) is 15.9 Å². The van der Waals surface area contributed by atoms with Gasteiger partial charge in [0.2, 0.25) is 6.33 Å². The molecule has 2 bridgehead atoms. The minimum absolute atomic E-state index is 0.0248. The second kappa shape index (κ2) is 8.35. The Morgan fingerprint density at radius 1 is 1.22 bits per heavy atom. The van der Waals surface area contributed by atoms with Crippen LogP contribution >= 0.6 is 7.14 Å². The molecular formula is C23H41N2O5PS. The molecule has 184 valence electrons. The van der Waals surface area contributed by atoms with Crippen molar-refractivity contribution in [1.29, 1.82) is 0 Å². The highest BCUT2D eigenvalue weighted by Crippen LogP contribution is 2.64. The lowest BCUT2D eigenvalue weighted by molar-refractivity contribution is -0.753. The normalized spacial score (nSPS) is 27.1. The third kappa shape index (κ3) is 5.39. The van der Waals surface area contributed by atoms with E-state index < -0.39 is 28.4 Å². The van der Waals surface area contributed by atoms with Crippen LogP contribution in [0.25, 0.3) is 0 Å². The zero-order valence-electron chi connectivity index (χ0n) is 21.1. The summed E-state index contributed by atoms with van der Waals surface area (Å²) in [6, 6.07) is 0. The lowest BCUT2D eigenvalue weighted by Gasteiger charge is -2.37. The standard InChI is InChI=1S/C13H26N2OP.C10H16O4S/c1-12(2,3)15-9-8-14(10-15)11-17(7,16)13(4,5)6;1-9(2)7-3-4-10(9,8(11)5-7)6-15(12,13)14/h8-10H,11H2,1-7H3;7H,3-6H2,1-2H3,(H,12,13,14)/q+1;/p-1/t;7?,10-/m.1/s1. The monoisotopic (exact) mass is 488 g/mol. The molecule has 2 aliphatic carbocycles. The third-order valence-electron chi connectivity index (χ3n) is 7.88. The quantitative estimate of drug-likeness (QED) is 0.359. The van der Waals surface area contributed by atoms with Gasteiger partial charge in [0.1, 0.15) is 37.1 Å². The van der Waals surface area contributed by atoms with E-state index in [0.717, 1.165) is 6.42 Å². The lowest BCUT2D eigenvalue weighted by Crippen LogP contribution is -2.48. The first-order valence-electron chi connectivity index (χ1n) is 11.2. The molecule has 1 aromatic rings. The van der Waals surface area contributed by atoms with Crippen LogP contribution in [0.15, 0.2) is 18.7 Å². The molecule has 1 heterocycles. The van der Waals surface area contributed by atoms with Gasteiger partial charge in [-0.25, -0.2) is 17.6 Å². The summed E-state index contributed by atoms with van der Waals surface area (Å²) in [6.45, 7) is 18.4. The smallest absolute Gasteiger partial charge is 0.244 e. The fraction of sp³-hybridized carbons (Fsp3) is 0.826. The molecule has 2 aliphatic rings. The van der Waals surface area contributed by atoms with E-state index in [4.69, 9.17) is 0 Å². The maximum Gasteiger partial charge on any atom is 0.244 e. The van der Waals surface area contributed by atoms with Crippen molar-refractivity contribution in [2.45, 2.75) is 91.6 Å². The molecule has 2 unspecified atom stereocenters. The summed E-state index contributed by atoms with van der Waals surface area (Å²) in [6.07, 6.45) is 8.58. The van der Waals surface area contributed by atoms with Gasteiger partial charge in [0, 0.05) is 17.0 Å². The predicted octanol–water partition coefficient (Wildman–Crippen LogP) is 4.21. The highest BCUT2D eigenvalue weighted by Gasteiger charge is 2.64. The van der Waals surface area contributed by atoms with Gasteiger partial charge in [-0.15, -0.1) is 0 Å². The number of hydrogen-bond acceptors (Lipinski definition) is 5. The summed E-state index contributed by atoms with van der Waals surface area (Å²) in [7, 11) is -6.51. The van der Waals surface area contributed by atoms with Gasteiger partial charge in [-0.05, 0) is 51.6 Å². The maximum atomic E-state index is 12.6. The van der Waals surface area contributed by atoms with E-state index in [0.29, 0.717) is 19.1 Å². The van der Waals surface area contributed by atoms with Crippen molar-refractivity contribution in [3.63, 3.8) is 0 Å². The summed E-state index contributed by atoms with van der Waals surface area (Å²) < 4.78 is 49.5. The van der Waals surface area contributed by atoms with Crippen LogP contribution in [0, 0.1) is 16.7 Å². The van der Waals surface area contributed by atoms with Gasteiger partial charge in [0.15, 0.2) is 0 Å². The predicted molar refractivity (Wildman–Crippen MR) is 126 cm³/mol. The van der Waals surface area contributed by atoms with Crippen LogP contribution in [0.3, 0.4) is 0 Å². The molecule has 0 saturated heterocycles. The van der Waals surface area contributed by atoms with E-state index in [2.05, 4.69) is 46.1 Å². The zero-order chi connectivity index (χ0) is 25.0. The number of rotatable bonds is 4. The first-order valence-corrected chi connectivity index (χ1v) is 15.2. The van der Waals surface area contributed by atoms with Crippen LogP contribution in [-0.4, -0.2) is 40.9 Å². The molecule has 0 radical (unpaired) electrons. The summed E-state index contributed by atoms with van der Waals surface area (Å²) in [5, 5.41) is -0.135. The van der Waals surface area contributed by atoms with Gasteiger partial charge in [-0.1, -0.05) is 34.6 Å². The average molecular weight is 489 g/mol. The number of carbonyl (C=O) groups is 1. The first-order chi connectivity index (χ1) is 14.1. The molecule has 0 aliphatic heterocycles. The van der Waals surface area contributed by atoms with Crippen molar-refractivity contribution in [3.05, 3.63) is 18.7 Å². The van der Waals surface area contributed by atoms with Crippen molar-refractivity contribution >= 4 is 23.0 Å².